The summed E-state index contributed by atoms with van der Waals surface area (Å²) in [6.45, 7) is 2.89. The third-order valence-electron chi connectivity index (χ3n) is 2.67. The zero-order valence-electron chi connectivity index (χ0n) is 7.88. The predicted molar refractivity (Wildman–Crippen MR) is 51.2 cm³/mol. The number of hydrogen-bond acceptors (Lipinski definition) is 3. The average molecular weight is 180 g/mol. The van der Waals surface area contributed by atoms with Crippen molar-refractivity contribution in [3.05, 3.63) is 17.7 Å². The molecule has 1 aliphatic rings. The second-order valence-electron chi connectivity index (χ2n) is 3.78. The van der Waals surface area contributed by atoms with E-state index in [0.29, 0.717) is 12.1 Å². The van der Waals surface area contributed by atoms with Gasteiger partial charge in [0.25, 0.3) is 0 Å². The van der Waals surface area contributed by atoms with Crippen molar-refractivity contribution in [2.75, 3.05) is 0 Å². The van der Waals surface area contributed by atoms with E-state index in [1.165, 1.54) is 0 Å². The number of nitrogens with two attached hydrogens (primary N) is 1. The molecule has 13 heavy (non-hydrogen) atoms. The molecule has 1 aliphatic carbocycles. The van der Waals surface area contributed by atoms with E-state index in [2.05, 4.69) is 15.3 Å². The first-order valence-electron chi connectivity index (χ1n) is 4.73. The summed E-state index contributed by atoms with van der Waals surface area (Å²) in [5.41, 5.74) is 7.95. The van der Waals surface area contributed by atoms with Crippen molar-refractivity contribution in [1.82, 2.24) is 15.3 Å². The fourth-order valence-electron chi connectivity index (χ4n) is 1.63. The Bertz CT molecular complexity index is 275. The van der Waals surface area contributed by atoms with Gasteiger partial charge in [-0.2, -0.15) is 0 Å². The van der Waals surface area contributed by atoms with Gasteiger partial charge in [0.2, 0.25) is 0 Å². The Balaban J connectivity index is 1.77. The number of nitrogens with one attached hydrogen (secondary N) is 2. The van der Waals surface area contributed by atoms with E-state index in [0.717, 1.165) is 30.8 Å². The monoisotopic (exact) mass is 180 g/mol. The molecule has 72 valence electrons. The number of H-pyrrole nitrogens is 1. The summed E-state index contributed by atoms with van der Waals surface area (Å²) in [5, 5.41) is 3.43. The van der Waals surface area contributed by atoms with Crippen molar-refractivity contribution in [2.24, 2.45) is 5.73 Å². The van der Waals surface area contributed by atoms with Gasteiger partial charge < -0.3 is 16.0 Å². The second kappa shape index (κ2) is 3.47. The topological polar surface area (TPSA) is 66.7 Å². The summed E-state index contributed by atoms with van der Waals surface area (Å²) in [5.74, 6) is 0. The molecule has 0 atom stereocenters. The lowest BCUT2D eigenvalue weighted by atomic mass is 9.87. The molecule has 4 nitrogen and oxygen atoms in total. The lowest BCUT2D eigenvalue weighted by Gasteiger charge is -2.33. The molecule has 0 bridgehead atoms. The van der Waals surface area contributed by atoms with E-state index in [9.17, 15) is 0 Å². The molecule has 4 heteroatoms. The van der Waals surface area contributed by atoms with Crippen molar-refractivity contribution >= 4 is 0 Å². The molecule has 2 rings (SSSR count). The minimum atomic E-state index is 0.415. The molecule has 1 heterocycles. The Morgan fingerprint density at radius 1 is 1.69 bits per heavy atom. The van der Waals surface area contributed by atoms with Gasteiger partial charge in [0.1, 0.15) is 0 Å². The molecule has 0 spiro atoms. The highest BCUT2D eigenvalue weighted by Gasteiger charge is 2.25. The van der Waals surface area contributed by atoms with E-state index >= 15 is 0 Å². The first kappa shape index (κ1) is 8.72. The number of aromatic nitrogens is 2. The summed E-state index contributed by atoms with van der Waals surface area (Å²) in [7, 11) is 0. The highest BCUT2D eigenvalue weighted by atomic mass is 15.0. The van der Waals surface area contributed by atoms with E-state index < -0.39 is 0 Å². The Morgan fingerprint density at radius 2 is 2.46 bits per heavy atom. The molecule has 1 aromatic rings. The lowest BCUT2D eigenvalue weighted by molar-refractivity contribution is 0.290. The Hall–Kier alpha value is -0.870. The maximum atomic E-state index is 5.69. The van der Waals surface area contributed by atoms with Gasteiger partial charge in [-0.25, -0.2) is 4.98 Å². The largest absolute Gasteiger partial charge is 0.348 e. The van der Waals surface area contributed by atoms with Crippen molar-refractivity contribution in [1.29, 1.82) is 0 Å². The average Bonchev–Trinajstić information content (AvgIpc) is 2.43. The van der Waals surface area contributed by atoms with Gasteiger partial charge in [0.15, 0.2) is 0 Å². The van der Waals surface area contributed by atoms with Crippen LogP contribution in [-0.4, -0.2) is 22.1 Å². The Labute approximate surface area is 77.9 Å². The van der Waals surface area contributed by atoms with Crippen LogP contribution in [0.1, 0.15) is 24.2 Å². The molecule has 4 N–H and O–H groups in total. The molecular weight excluding hydrogens is 164 g/mol. The Kier molecular flexibility index (Phi) is 2.33. The van der Waals surface area contributed by atoms with Crippen LogP contribution < -0.4 is 11.1 Å². The first-order chi connectivity index (χ1) is 6.25. The van der Waals surface area contributed by atoms with Crippen LogP contribution in [0.3, 0.4) is 0 Å². The van der Waals surface area contributed by atoms with Crippen molar-refractivity contribution in [3.8, 4) is 0 Å². The predicted octanol–water partition coefficient (Wildman–Crippen LogP) is 0.297. The molecule has 1 saturated carbocycles. The van der Waals surface area contributed by atoms with E-state index in [1.54, 1.807) is 6.33 Å². The summed E-state index contributed by atoms with van der Waals surface area (Å²) in [6.07, 6.45) is 3.94. The summed E-state index contributed by atoms with van der Waals surface area (Å²) in [4.78, 5) is 7.28. The molecule has 0 aliphatic heterocycles. The Morgan fingerprint density at radius 3 is 3.00 bits per heavy atom. The van der Waals surface area contributed by atoms with E-state index in [1.807, 2.05) is 6.92 Å². The van der Waals surface area contributed by atoms with Gasteiger partial charge in [-0.15, -0.1) is 0 Å². The van der Waals surface area contributed by atoms with Crippen molar-refractivity contribution in [3.63, 3.8) is 0 Å². The molecule has 0 aromatic carbocycles. The quantitative estimate of drug-likeness (QED) is 0.626. The normalized spacial score (nSPS) is 27.2. The van der Waals surface area contributed by atoms with Crippen LogP contribution in [0.2, 0.25) is 0 Å². The third kappa shape index (κ3) is 1.89. The fraction of sp³-hybridized carbons (Fsp3) is 0.667. The maximum Gasteiger partial charge on any atom is 0.0925 e. The number of nitrogens with zero attached hydrogens (tertiary/aromatic N) is 1. The van der Waals surface area contributed by atoms with Crippen LogP contribution >= 0.6 is 0 Å². The summed E-state index contributed by atoms with van der Waals surface area (Å²) in [6, 6.07) is 1.02. The van der Waals surface area contributed by atoms with Gasteiger partial charge in [-0.3, -0.25) is 0 Å². The van der Waals surface area contributed by atoms with Crippen LogP contribution in [0, 0.1) is 6.92 Å². The molecule has 0 unspecified atom stereocenters. The van der Waals surface area contributed by atoms with E-state index in [-0.39, 0.29) is 0 Å². The van der Waals surface area contributed by atoms with Gasteiger partial charge >= 0.3 is 0 Å². The van der Waals surface area contributed by atoms with Gasteiger partial charge in [-0.05, 0) is 19.8 Å². The molecular formula is C9H16N4. The van der Waals surface area contributed by atoms with Gasteiger partial charge in [0.05, 0.1) is 12.0 Å². The molecule has 0 saturated heterocycles. The second-order valence-corrected chi connectivity index (χ2v) is 3.78. The smallest absolute Gasteiger partial charge is 0.0925 e. The summed E-state index contributed by atoms with van der Waals surface area (Å²) < 4.78 is 0. The number of rotatable bonds is 3. The van der Waals surface area contributed by atoms with Gasteiger partial charge in [-0.1, -0.05) is 0 Å². The lowest BCUT2D eigenvalue weighted by Crippen LogP contribution is -2.48. The molecule has 1 aromatic heterocycles. The van der Waals surface area contributed by atoms with Crippen LogP contribution in [-0.2, 0) is 6.54 Å². The first-order valence-corrected chi connectivity index (χ1v) is 4.73. The minimum absolute atomic E-state index is 0.415. The molecule has 0 radical (unpaired) electrons. The van der Waals surface area contributed by atoms with E-state index in [4.69, 9.17) is 5.73 Å². The van der Waals surface area contributed by atoms with Crippen LogP contribution in [0.25, 0.3) is 0 Å². The highest BCUT2D eigenvalue weighted by Crippen LogP contribution is 2.17. The van der Waals surface area contributed by atoms with Crippen LogP contribution in [0.15, 0.2) is 6.33 Å². The van der Waals surface area contributed by atoms with Crippen molar-refractivity contribution in [2.45, 2.75) is 38.4 Å². The van der Waals surface area contributed by atoms with Crippen molar-refractivity contribution < 1.29 is 0 Å². The summed E-state index contributed by atoms with van der Waals surface area (Å²) >= 11 is 0. The third-order valence-corrected chi connectivity index (χ3v) is 2.67. The number of aryl methyl sites for hydroxylation is 1. The zero-order valence-corrected chi connectivity index (χ0v) is 7.88. The van der Waals surface area contributed by atoms with Crippen LogP contribution in [0.5, 0.6) is 0 Å². The fourth-order valence-corrected chi connectivity index (χ4v) is 1.63. The number of imidazole rings is 1. The molecule has 1 fully saturated rings. The SMILES string of the molecule is Cc1[nH]cnc1CNC1CC(N)C1. The maximum absolute atomic E-state index is 5.69. The highest BCUT2D eigenvalue weighted by molar-refractivity contribution is 5.08. The number of aromatic amines is 1. The van der Waals surface area contributed by atoms with Gasteiger partial charge in [0, 0.05) is 24.3 Å². The minimum Gasteiger partial charge on any atom is -0.348 e. The standard InChI is InChI=1S/C9H16N4/c1-6-9(13-5-12-6)4-11-8-2-7(10)3-8/h5,7-8,11H,2-4,10H2,1H3,(H,12,13). The molecule has 0 amide bonds. The number of hydrogen-bond donors (Lipinski definition) is 3. The van der Waals surface area contributed by atoms with Crippen LogP contribution in [0.4, 0.5) is 0 Å². The zero-order chi connectivity index (χ0) is 9.26.